The molecule has 0 bridgehead atoms. The van der Waals surface area contributed by atoms with E-state index in [4.69, 9.17) is 16.3 Å². The Balaban J connectivity index is 2.86. The summed E-state index contributed by atoms with van der Waals surface area (Å²) in [6.45, 7) is 0. The Bertz CT molecular complexity index is 489. The summed E-state index contributed by atoms with van der Waals surface area (Å²) in [5, 5.41) is 1.09. The quantitative estimate of drug-likeness (QED) is 0.592. The molecule has 0 saturated heterocycles. The fourth-order valence-corrected chi connectivity index (χ4v) is 1.99. The fourth-order valence-electron chi connectivity index (χ4n) is 1.23. The second-order valence-electron chi connectivity index (χ2n) is 2.64. The summed E-state index contributed by atoms with van der Waals surface area (Å²) in [5.74, 6) is 0.688. The number of fused-ring (bicyclic) bond motifs is 1. The van der Waals surface area contributed by atoms with Gasteiger partial charge in [-0.05, 0) is 39.7 Å². The summed E-state index contributed by atoms with van der Waals surface area (Å²) >= 11 is 9.07. The van der Waals surface area contributed by atoms with Crippen LogP contribution in [0.2, 0.25) is 5.28 Å². The van der Waals surface area contributed by atoms with Crippen LogP contribution in [0.3, 0.4) is 0 Å². The normalized spacial score (nSPS) is 10.5. The van der Waals surface area contributed by atoms with E-state index in [1.807, 2.05) is 18.2 Å². The van der Waals surface area contributed by atoms with Crippen molar-refractivity contribution >= 4 is 38.4 Å². The summed E-state index contributed by atoms with van der Waals surface area (Å²) < 4.78 is 5.84. The van der Waals surface area contributed by atoms with Crippen molar-refractivity contribution in [2.75, 3.05) is 7.11 Å². The lowest BCUT2D eigenvalue weighted by atomic mass is 10.2. The van der Waals surface area contributed by atoms with Gasteiger partial charge in [0.1, 0.15) is 15.9 Å². The lowest BCUT2D eigenvalue weighted by Gasteiger charge is -2.05. The monoisotopic (exact) mass is 272 g/mol. The molecule has 0 amide bonds. The highest BCUT2D eigenvalue weighted by atomic mass is 79.9. The average Bonchev–Trinajstić information content (AvgIpc) is 2.17. The number of nitrogens with zero attached hydrogens (tertiary/aromatic N) is 2. The SMILES string of the molecule is COc1cccc2c(Br)nc(Cl)nc12. The van der Waals surface area contributed by atoms with E-state index in [2.05, 4.69) is 25.9 Å². The Morgan fingerprint density at radius 1 is 1.36 bits per heavy atom. The van der Waals surface area contributed by atoms with Crippen LogP contribution in [0.15, 0.2) is 22.8 Å². The van der Waals surface area contributed by atoms with Crippen molar-refractivity contribution in [3.8, 4) is 5.75 Å². The van der Waals surface area contributed by atoms with Crippen molar-refractivity contribution < 1.29 is 4.74 Å². The molecule has 0 aliphatic carbocycles. The molecule has 14 heavy (non-hydrogen) atoms. The molecule has 72 valence electrons. The number of aromatic nitrogens is 2. The molecule has 1 aromatic carbocycles. The van der Waals surface area contributed by atoms with Crippen LogP contribution in [0.4, 0.5) is 0 Å². The highest BCUT2D eigenvalue weighted by molar-refractivity contribution is 9.10. The number of halogens is 2. The maximum Gasteiger partial charge on any atom is 0.224 e. The molecule has 2 rings (SSSR count). The lowest BCUT2D eigenvalue weighted by Crippen LogP contribution is -1.91. The third-order valence-electron chi connectivity index (χ3n) is 1.84. The van der Waals surface area contributed by atoms with Gasteiger partial charge in [0.2, 0.25) is 5.28 Å². The van der Waals surface area contributed by atoms with Crippen molar-refractivity contribution in [1.29, 1.82) is 0 Å². The predicted molar refractivity (Wildman–Crippen MR) is 58.8 cm³/mol. The first-order valence-electron chi connectivity index (χ1n) is 3.88. The topological polar surface area (TPSA) is 35.0 Å². The van der Waals surface area contributed by atoms with Crippen molar-refractivity contribution in [2.24, 2.45) is 0 Å². The van der Waals surface area contributed by atoms with Crippen LogP contribution in [0.25, 0.3) is 10.9 Å². The average molecular weight is 274 g/mol. The van der Waals surface area contributed by atoms with Gasteiger partial charge in [0, 0.05) is 5.39 Å². The molecule has 0 spiro atoms. The van der Waals surface area contributed by atoms with Gasteiger partial charge in [0.15, 0.2) is 0 Å². The van der Waals surface area contributed by atoms with E-state index in [0.29, 0.717) is 15.9 Å². The third kappa shape index (κ3) is 1.55. The van der Waals surface area contributed by atoms with Crippen LogP contribution in [0, 0.1) is 0 Å². The van der Waals surface area contributed by atoms with Crippen LogP contribution < -0.4 is 4.74 Å². The van der Waals surface area contributed by atoms with E-state index in [9.17, 15) is 0 Å². The predicted octanol–water partition coefficient (Wildman–Crippen LogP) is 3.05. The number of benzene rings is 1. The van der Waals surface area contributed by atoms with Gasteiger partial charge in [-0.15, -0.1) is 0 Å². The molecule has 0 aliphatic heterocycles. The zero-order valence-electron chi connectivity index (χ0n) is 7.29. The van der Waals surface area contributed by atoms with Gasteiger partial charge in [-0.3, -0.25) is 0 Å². The summed E-state index contributed by atoms with van der Waals surface area (Å²) in [6, 6.07) is 5.61. The number of rotatable bonds is 1. The van der Waals surface area contributed by atoms with Gasteiger partial charge in [-0.2, -0.15) is 0 Å². The van der Waals surface area contributed by atoms with Gasteiger partial charge in [0.05, 0.1) is 7.11 Å². The van der Waals surface area contributed by atoms with Crippen LogP contribution in [-0.4, -0.2) is 17.1 Å². The summed E-state index contributed by atoms with van der Waals surface area (Å²) in [4.78, 5) is 8.10. The number of methoxy groups -OCH3 is 1. The molecule has 0 aliphatic rings. The highest BCUT2D eigenvalue weighted by Gasteiger charge is 2.07. The first kappa shape index (κ1) is 9.68. The van der Waals surface area contributed by atoms with Gasteiger partial charge < -0.3 is 4.74 Å². The van der Waals surface area contributed by atoms with Gasteiger partial charge in [-0.25, -0.2) is 9.97 Å². The lowest BCUT2D eigenvalue weighted by molar-refractivity contribution is 0.419. The molecule has 0 N–H and O–H groups in total. The van der Waals surface area contributed by atoms with E-state index < -0.39 is 0 Å². The molecule has 5 heteroatoms. The number of hydrogen-bond acceptors (Lipinski definition) is 3. The van der Waals surface area contributed by atoms with E-state index in [-0.39, 0.29) is 5.28 Å². The molecule has 0 saturated carbocycles. The molecule has 0 atom stereocenters. The zero-order chi connectivity index (χ0) is 10.1. The van der Waals surface area contributed by atoms with Crippen molar-refractivity contribution in [3.63, 3.8) is 0 Å². The fraction of sp³-hybridized carbons (Fsp3) is 0.111. The maximum atomic E-state index is 5.75. The number of ether oxygens (including phenoxy) is 1. The Morgan fingerprint density at radius 2 is 2.14 bits per heavy atom. The molecule has 1 aromatic heterocycles. The number of hydrogen-bond donors (Lipinski definition) is 0. The summed E-state index contributed by atoms with van der Waals surface area (Å²) in [5.41, 5.74) is 0.710. The first-order valence-corrected chi connectivity index (χ1v) is 5.05. The van der Waals surface area contributed by atoms with E-state index >= 15 is 0 Å². The second kappa shape index (κ2) is 3.71. The Hall–Kier alpha value is -0.870. The van der Waals surface area contributed by atoms with Gasteiger partial charge in [-0.1, -0.05) is 6.07 Å². The van der Waals surface area contributed by atoms with E-state index in [1.54, 1.807) is 7.11 Å². The first-order chi connectivity index (χ1) is 6.72. The molecule has 0 fully saturated rings. The van der Waals surface area contributed by atoms with E-state index in [0.717, 1.165) is 5.39 Å². The Labute approximate surface area is 94.2 Å². The molecule has 0 unspecified atom stereocenters. The second-order valence-corrected chi connectivity index (χ2v) is 3.73. The summed E-state index contributed by atoms with van der Waals surface area (Å²) in [6.07, 6.45) is 0. The smallest absolute Gasteiger partial charge is 0.224 e. The zero-order valence-corrected chi connectivity index (χ0v) is 9.63. The van der Waals surface area contributed by atoms with Gasteiger partial charge in [0.25, 0.3) is 0 Å². The minimum atomic E-state index is 0.203. The largest absolute Gasteiger partial charge is 0.494 e. The molecule has 2 aromatic rings. The minimum Gasteiger partial charge on any atom is -0.494 e. The highest BCUT2D eigenvalue weighted by Crippen LogP contribution is 2.28. The standard InChI is InChI=1S/C9H6BrClN2O/c1-14-6-4-2-3-5-7(6)12-9(11)13-8(5)10/h2-4H,1H3. The van der Waals surface area contributed by atoms with Crippen LogP contribution in [0.5, 0.6) is 5.75 Å². The van der Waals surface area contributed by atoms with Crippen LogP contribution >= 0.6 is 27.5 Å². The van der Waals surface area contributed by atoms with Gasteiger partial charge >= 0.3 is 0 Å². The Morgan fingerprint density at radius 3 is 2.86 bits per heavy atom. The van der Waals surface area contributed by atoms with Crippen molar-refractivity contribution in [2.45, 2.75) is 0 Å². The number of para-hydroxylation sites is 1. The molecule has 1 heterocycles. The van der Waals surface area contributed by atoms with Crippen molar-refractivity contribution in [3.05, 3.63) is 28.1 Å². The minimum absolute atomic E-state index is 0.203. The summed E-state index contributed by atoms with van der Waals surface area (Å²) in [7, 11) is 1.60. The molecular formula is C9H6BrClN2O. The third-order valence-corrected chi connectivity index (χ3v) is 2.61. The maximum absolute atomic E-state index is 5.75. The molecular weight excluding hydrogens is 267 g/mol. The molecule has 3 nitrogen and oxygen atoms in total. The van der Waals surface area contributed by atoms with Crippen molar-refractivity contribution in [1.82, 2.24) is 9.97 Å². The molecule has 0 radical (unpaired) electrons. The van der Waals surface area contributed by atoms with Crippen LogP contribution in [0.1, 0.15) is 0 Å². The van der Waals surface area contributed by atoms with Crippen LogP contribution in [-0.2, 0) is 0 Å². The van der Waals surface area contributed by atoms with E-state index in [1.165, 1.54) is 0 Å². The Kier molecular flexibility index (Phi) is 2.56.